The van der Waals surface area contributed by atoms with Crippen molar-refractivity contribution in [3.05, 3.63) is 59.2 Å². The van der Waals surface area contributed by atoms with Gasteiger partial charge in [-0.25, -0.2) is 0 Å². The Morgan fingerprint density at radius 3 is 2.56 bits per heavy atom. The maximum absolute atomic E-state index is 8.83. The Hall–Kier alpha value is -2.27. The van der Waals surface area contributed by atoms with Crippen LogP contribution in [0.3, 0.4) is 0 Å². The highest BCUT2D eigenvalue weighted by molar-refractivity contribution is 5.41. The molecule has 0 amide bonds. The van der Waals surface area contributed by atoms with E-state index in [1.165, 1.54) is 11.1 Å². The normalized spacial score (nSPS) is 9.83. The zero-order valence-corrected chi connectivity index (χ0v) is 10.6. The van der Waals surface area contributed by atoms with Crippen LogP contribution in [0, 0.1) is 18.3 Å². The van der Waals surface area contributed by atoms with Gasteiger partial charge in [0.1, 0.15) is 11.5 Å². The van der Waals surface area contributed by atoms with Gasteiger partial charge in [-0.05, 0) is 54.8 Å². The Balaban J connectivity index is 2.23. The molecule has 0 aromatic heterocycles. The first-order valence-electron chi connectivity index (χ1n) is 6.00. The van der Waals surface area contributed by atoms with Gasteiger partial charge in [-0.2, -0.15) is 5.26 Å². The smallest absolute Gasteiger partial charge is 0.128 e. The van der Waals surface area contributed by atoms with Crippen LogP contribution in [0.4, 0.5) is 0 Å². The predicted octanol–water partition coefficient (Wildman–Crippen LogP) is 4.22. The molecule has 0 aliphatic carbocycles. The van der Waals surface area contributed by atoms with Gasteiger partial charge in [0, 0.05) is 0 Å². The fourth-order valence-electron chi connectivity index (χ4n) is 1.89. The summed E-state index contributed by atoms with van der Waals surface area (Å²) >= 11 is 0. The van der Waals surface area contributed by atoms with Crippen molar-refractivity contribution >= 4 is 0 Å². The van der Waals surface area contributed by atoms with Crippen molar-refractivity contribution < 1.29 is 4.74 Å². The largest absolute Gasteiger partial charge is 0.457 e. The van der Waals surface area contributed by atoms with E-state index in [0.29, 0.717) is 11.3 Å². The third-order valence-electron chi connectivity index (χ3n) is 2.89. The molecular weight excluding hydrogens is 222 g/mol. The Kier molecular flexibility index (Phi) is 3.64. The van der Waals surface area contributed by atoms with E-state index in [-0.39, 0.29) is 0 Å². The molecule has 0 spiro atoms. The SMILES string of the molecule is CCc1ccc(Oc2cccc(C#N)c2)cc1C. The Bertz CT molecular complexity index is 596. The lowest BCUT2D eigenvalue weighted by molar-refractivity contribution is 0.482. The molecule has 0 unspecified atom stereocenters. The van der Waals surface area contributed by atoms with Crippen LogP contribution in [0.25, 0.3) is 0 Å². The van der Waals surface area contributed by atoms with Crippen LogP contribution in [0.5, 0.6) is 11.5 Å². The molecule has 18 heavy (non-hydrogen) atoms. The van der Waals surface area contributed by atoms with Crippen LogP contribution in [0.2, 0.25) is 0 Å². The topological polar surface area (TPSA) is 33.0 Å². The first-order valence-corrected chi connectivity index (χ1v) is 6.00. The van der Waals surface area contributed by atoms with Crippen molar-refractivity contribution in [3.63, 3.8) is 0 Å². The van der Waals surface area contributed by atoms with Crippen molar-refractivity contribution in [1.29, 1.82) is 5.26 Å². The lowest BCUT2D eigenvalue weighted by atomic mass is 10.1. The molecule has 0 saturated heterocycles. The van der Waals surface area contributed by atoms with Crippen LogP contribution < -0.4 is 4.74 Å². The molecule has 0 N–H and O–H groups in total. The second kappa shape index (κ2) is 5.37. The van der Waals surface area contributed by atoms with Gasteiger partial charge in [0.05, 0.1) is 11.6 Å². The fraction of sp³-hybridized carbons (Fsp3) is 0.188. The van der Waals surface area contributed by atoms with Gasteiger partial charge in [-0.3, -0.25) is 0 Å². The average molecular weight is 237 g/mol. The van der Waals surface area contributed by atoms with Crippen molar-refractivity contribution in [2.75, 3.05) is 0 Å². The Morgan fingerprint density at radius 2 is 1.89 bits per heavy atom. The fourth-order valence-corrected chi connectivity index (χ4v) is 1.89. The summed E-state index contributed by atoms with van der Waals surface area (Å²) in [7, 11) is 0. The molecule has 2 nitrogen and oxygen atoms in total. The summed E-state index contributed by atoms with van der Waals surface area (Å²) in [6, 6.07) is 15.3. The lowest BCUT2D eigenvalue weighted by Crippen LogP contribution is -1.89. The summed E-state index contributed by atoms with van der Waals surface area (Å²) in [4.78, 5) is 0. The van der Waals surface area contributed by atoms with Gasteiger partial charge >= 0.3 is 0 Å². The highest BCUT2D eigenvalue weighted by atomic mass is 16.5. The summed E-state index contributed by atoms with van der Waals surface area (Å²) in [6.45, 7) is 4.22. The zero-order chi connectivity index (χ0) is 13.0. The molecule has 0 atom stereocenters. The molecule has 0 aliphatic rings. The predicted molar refractivity (Wildman–Crippen MR) is 71.8 cm³/mol. The molecule has 0 bridgehead atoms. The monoisotopic (exact) mass is 237 g/mol. The van der Waals surface area contributed by atoms with Crippen molar-refractivity contribution in [2.45, 2.75) is 20.3 Å². The van der Waals surface area contributed by atoms with E-state index in [9.17, 15) is 0 Å². The summed E-state index contributed by atoms with van der Waals surface area (Å²) in [5, 5.41) is 8.83. The van der Waals surface area contributed by atoms with Crippen molar-refractivity contribution in [3.8, 4) is 17.6 Å². The molecule has 90 valence electrons. The molecule has 2 rings (SSSR count). The quantitative estimate of drug-likeness (QED) is 0.800. The third kappa shape index (κ3) is 2.70. The Labute approximate surface area is 107 Å². The van der Waals surface area contributed by atoms with Gasteiger partial charge in [0.15, 0.2) is 0 Å². The number of hydrogen-bond donors (Lipinski definition) is 0. The second-order valence-electron chi connectivity index (χ2n) is 4.18. The number of aryl methyl sites for hydroxylation is 2. The number of nitrogens with zero attached hydrogens (tertiary/aromatic N) is 1. The number of rotatable bonds is 3. The average Bonchev–Trinajstić information content (AvgIpc) is 2.39. The van der Waals surface area contributed by atoms with Crippen LogP contribution in [0.1, 0.15) is 23.6 Å². The molecule has 2 heteroatoms. The summed E-state index contributed by atoms with van der Waals surface area (Å²) in [6.07, 6.45) is 1.02. The molecule has 0 aliphatic heterocycles. The zero-order valence-electron chi connectivity index (χ0n) is 10.6. The van der Waals surface area contributed by atoms with E-state index in [4.69, 9.17) is 10.00 Å². The van der Waals surface area contributed by atoms with Gasteiger partial charge in [0.25, 0.3) is 0 Å². The first kappa shape index (κ1) is 12.2. The second-order valence-corrected chi connectivity index (χ2v) is 4.18. The van der Waals surface area contributed by atoms with Gasteiger partial charge < -0.3 is 4.74 Å². The summed E-state index contributed by atoms with van der Waals surface area (Å²) in [5.74, 6) is 1.50. The minimum atomic E-state index is 0.606. The molecule has 2 aromatic carbocycles. The highest BCUT2D eigenvalue weighted by Crippen LogP contribution is 2.24. The first-order chi connectivity index (χ1) is 8.72. The van der Waals surface area contributed by atoms with Crippen LogP contribution in [-0.2, 0) is 6.42 Å². The molecule has 0 fully saturated rings. The van der Waals surface area contributed by atoms with Crippen LogP contribution in [-0.4, -0.2) is 0 Å². The lowest BCUT2D eigenvalue weighted by Gasteiger charge is -2.09. The number of benzene rings is 2. The van der Waals surface area contributed by atoms with Crippen LogP contribution >= 0.6 is 0 Å². The molecule has 2 aromatic rings. The van der Waals surface area contributed by atoms with E-state index >= 15 is 0 Å². The molecule has 0 heterocycles. The maximum atomic E-state index is 8.83. The van der Waals surface area contributed by atoms with Crippen molar-refractivity contribution in [1.82, 2.24) is 0 Å². The van der Waals surface area contributed by atoms with E-state index < -0.39 is 0 Å². The highest BCUT2D eigenvalue weighted by Gasteiger charge is 2.01. The van der Waals surface area contributed by atoms with E-state index in [1.807, 2.05) is 24.3 Å². The minimum absolute atomic E-state index is 0.606. The maximum Gasteiger partial charge on any atom is 0.128 e. The van der Waals surface area contributed by atoms with E-state index in [0.717, 1.165) is 12.2 Å². The van der Waals surface area contributed by atoms with E-state index in [2.05, 4.69) is 26.0 Å². The number of nitriles is 1. The van der Waals surface area contributed by atoms with Crippen LogP contribution in [0.15, 0.2) is 42.5 Å². The van der Waals surface area contributed by atoms with E-state index in [1.54, 1.807) is 12.1 Å². The molecule has 0 radical (unpaired) electrons. The van der Waals surface area contributed by atoms with Crippen molar-refractivity contribution in [2.24, 2.45) is 0 Å². The van der Waals surface area contributed by atoms with Gasteiger partial charge in [-0.1, -0.05) is 19.1 Å². The minimum Gasteiger partial charge on any atom is -0.457 e. The number of ether oxygens (including phenoxy) is 1. The van der Waals surface area contributed by atoms with Gasteiger partial charge in [0.2, 0.25) is 0 Å². The number of hydrogen-bond acceptors (Lipinski definition) is 2. The van der Waals surface area contributed by atoms with Gasteiger partial charge in [-0.15, -0.1) is 0 Å². The summed E-state index contributed by atoms with van der Waals surface area (Å²) < 4.78 is 5.75. The molecule has 0 saturated carbocycles. The third-order valence-corrected chi connectivity index (χ3v) is 2.89. The molecular formula is C16H15NO. The summed E-state index contributed by atoms with van der Waals surface area (Å²) in [5.41, 5.74) is 3.16. The standard InChI is InChI=1S/C16H15NO/c1-3-14-7-8-16(9-12(14)2)18-15-6-4-5-13(10-15)11-17/h4-10H,3H2,1-2H3. The Morgan fingerprint density at radius 1 is 1.11 bits per heavy atom.